The Bertz CT molecular complexity index is 641. The van der Waals surface area contributed by atoms with Crippen LogP contribution >= 0.6 is 0 Å². The largest absolute Gasteiger partial charge is 0.465 e. The van der Waals surface area contributed by atoms with Crippen molar-refractivity contribution in [2.24, 2.45) is 0 Å². The Morgan fingerprint density at radius 2 is 1.09 bits per heavy atom. The molecule has 2 heteroatoms. The van der Waals surface area contributed by atoms with Crippen LogP contribution in [0.3, 0.4) is 0 Å². The highest BCUT2D eigenvalue weighted by Crippen LogP contribution is 2.07. The van der Waals surface area contributed by atoms with E-state index in [1.165, 1.54) is 7.14 Å². The summed E-state index contributed by atoms with van der Waals surface area (Å²) >= 11 is 0.0287. The smallest absolute Gasteiger partial charge is 0.357 e. The maximum absolute atomic E-state index is 5.17. The number of halogens is 1. The summed E-state index contributed by atoms with van der Waals surface area (Å²) in [6, 6.07) is 31.1. The molecular formula is C21H20IO+. The number of hydrogen-bond donors (Lipinski definition) is 0. The van der Waals surface area contributed by atoms with E-state index in [9.17, 15) is 0 Å². The SMILES string of the molecule is CC=COc1ccccc1.c1ccc([I+]c2ccccc2)cc1. The van der Waals surface area contributed by atoms with E-state index >= 15 is 0 Å². The molecule has 3 aromatic rings. The van der Waals surface area contributed by atoms with Gasteiger partial charge in [-0.25, -0.2) is 0 Å². The molecule has 0 N–H and O–H groups in total. The predicted molar refractivity (Wildman–Crippen MR) is 92.2 cm³/mol. The quantitative estimate of drug-likeness (QED) is 0.470. The zero-order chi connectivity index (χ0) is 16.2. The lowest BCUT2D eigenvalue weighted by molar-refractivity contribution is -0.597. The Balaban J connectivity index is 0.000000174. The van der Waals surface area contributed by atoms with Gasteiger partial charge in [-0.05, 0) is 43.3 Å². The van der Waals surface area contributed by atoms with Gasteiger partial charge in [-0.1, -0.05) is 60.7 Å². The molecule has 0 aliphatic heterocycles. The van der Waals surface area contributed by atoms with Crippen LogP contribution in [0.4, 0.5) is 0 Å². The van der Waals surface area contributed by atoms with E-state index in [0.717, 1.165) is 5.75 Å². The molecule has 0 saturated heterocycles. The molecule has 0 aromatic heterocycles. The third kappa shape index (κ3) is 7.15. The molecule has 0 radical (unpaired) electrons. The molecule has 3 rings (SSSR count). The van der Waals surface area contributed by atoms with Crippen LogP contribution in [-0.2, 0) is 0 Å². The van der Waals surface area contributed by atoms with Crippen molar-refractivity contribution in [3.05, 3.63) is 110 Å². The molecule has 0 atom stereocenters. The minimum atomic E-state index is 0.0287. The molecule has 0 heterocycles. The molecule has 0 unspecified atom stereocenters. The van der Waals surface area contributed by atoms with Crippen LogP contribution in [0, 0.1) is 7.14 Å². The Morgan fingerprint density at radius 1 is 0.652 bits per heavy atom. The van der Waals surface area contributed by atoms with Crippen molar-refractivity contribution in [1.29, 1.82) is 0 Å². The van der Waals surface area contributed by atoms with E-state index < -0.39 is 0 Å². The molecular weight excluding hydrogens is 395 g/mol. The fourth-order valence-electron chi connectivity index (χ4n) is 1.73. The van der Waals surface area contributed by atoms with Crippen LogP contribution in [-0.4, -0.2) is 0 Å². The monoisotopic (exact) mass is 415 g/mol. The Kier molecular flexibility index (Phi) is 7.98. The Morgan fingerprint density at radius 3 is 1.52 bits per heavy atom. The number of hydrogen-bond acceptors (Lipinski definition) is 1. The van der Waals surface area contributed by atoms with Crippen molar-refractivity contribution >= 4 is 0 Å². The van der Waals surface area contributed by atoms with Crippen molar-refractivity contribution in [3.8, 4) is 5.75 Å². The van der Waals surface area contributed by atoms with Gasteiger partial charge in [0.2, 0.25) is 0 Å². The zero-order valence-electron chi connectivity index (χ0n) is 13.1. The highest BCUT2D eigenvalue weighted by Gasteiger charge is 2.12. The average Bonchev–Trinajstić information content (AvgIpc) is 2.63. The second kappa shape index (κ2) is 10.6. The van der Waals surface area contributed by atoms with Gasteiger partial charge in [0, 0.05) is 0 Å². The normalized spacial score (nSPS) is 9.96. The molecule has 0 aliphatic rings. The van der Waals surface area contributed by atoms with E-state index in [1.54, 1.807) is 6.26 Å². The lowest BCUT2D eigenvalue weighted by atomic mass is 10.3. The van der Waals surface area contributed by atoms with Gasteiger partial charge < -0.3 is 4.74 Å². The first kappa shape index (κ1) is 17.3. The lowest BCUT2D eigenvalue weighted by Crippen LogP contribution is -3.61. The predicted octanol–water partition coefficient (Wildman–Crippen LogP) is 2.41. The molecule has 3 aromatic carbocycles. The fraction of sp³-hybridized carbons (Fsp3) is 0.0476. The van der Waals surface area contributed by atoms with Gasteiger partial charge >= 0.3 is 21.2 Å². The minimum Gasteiger partial charge on any atom is -0.465 e. The number of rotatable bonds is 4. The molecule has 23 heavy (non-hydrogen) atoms. The van der Waals surface area contributed by atoms with E-state index in [-0.39, 0.29) is 21.2 Å². The van der Waals surface area contributed by atoms with Crippen molar-refractivity contribution in [3.63, 3.8) is 0 Å². The topological polar surface area (TPSA) is 9.23 Å². The van der Waals surface area contributed by atoms with E-state index in [4.69, 9.17) is 4.74 Å². The van der Waals surface area contributed by atoms with Crippen LogP contribution < -0.4 is 25.9 Å². The summed E-state index contributed by atoms with van der Waals surface area (Å²) < 4.78 is 8.13. The van der Waals surface area contributed by atoms with Crippen LogP contribution in [0.2, 0.25) is 0 Å². The maximum atomic E-state index is 5.17. The average molecular weight is 415 g/mol. The molecule has 1 nitrogen and oxygen atoms in total. The summed E-state index contributed by atoms with van der Waals surface area (Å²) in [6.07, 6.45) is 3.52. The second-order valence-corrected chi connectivity index (χ2v) is 7.62. The maximum Gasteiger partial charge on any atom is 0.357 e. The van der Waals surface area contributed by atoms with Crippen molar-refractivity contribution in [2.45, 2.75) is 6.92 Å². The molecule has 0 saturated carbocycles. The van der Waals surface area contributed by atoms with Gasteiger partial charge in [0.15, 0.2) is 7.14 Å². The van der Waals surface area contributed by atoms with Crippen molar-refractivity contribution in [1.82, 2.24) is 0 Å². The highest BCUT2D eigenvalue weighted by atomic mass is 127. The van der Waals surface area contributed by atoms with Gasteiger partial charge in [0.05, 0.1) is 6.26 Å². The first-order valence-electron chi connectivity index (χ1n) is 7.46. The lowest BCUT2D eigenvalue weighted by Gasteiger charge is -1.96. The zero-order valence-corrected chi connectivity index (χ0v) is 15.3. The molecule has 0 fully saturated rings. The van der Waals surface area contributed by atoms with Crippen LogP contribution in [0.15, 0.2) is 103 Å². The van der Waals surface area contributed by atoms with Gasteiger partial charge in [0.1, 0.15) is 5.75 Å². The van der Waals surface area contributed by atoms with Crippen LogP contribution in [0.25, 0.3) is 0 Å². The van der Waals surface area contributed by atoms with Crippen LogP contribution in [0.1, 0.15) is 6.92 Å². The molecule has 0 spiro atoms. The summed E-state index contributed by atoms with van der Waals surface area (Å²) in [7, 11) is 0. The second-order valence-electron chi connectivity index (χ2n) is 4.59. The van der Waals surface area contributed by atoms with E-state index in [1.807, 2.05) is 43.3 Å². The highest BCUT2D eigenvalue weighted by molar-refractivity contribution is 5.21. The summed E-state index contributed by atoms with van der Waals surface area (Å²) in [6.45, 7) is 1.92. The van der Waals surface area contributed by atoms with Gasteiger partial charge in [-0.3, -0.25) is 0 Å². The molecule has 116 valence electrons. The van der Waals surface area contributed by atoms with Gasteiger partial charge in [-0.2, -0.15) is 0 Å². The number of allylic oxidation sites excluding steroid dienone is 1. The Hall–Kier alpha value is -2.07. The fourth-order valence-corrected chi connectivity index (χ4v) is 4.00. The van der Waals surface area contributed by atoms with Crippen molar-refractivity contribution < 1.29 is 25.9 Å². The van der Waals surface area contributed by atoms with E-state index in [2.05, 4.69) is 60.7 Å². The Labute approximate surface area is 148 Å². The first-order valence-corrected chi connectivity index (χ1v) is 9.62. The number of para-hydroxylation sites is 1. The van der Waals surface area contributed by atoms with Crippen LogP contribution in [0.5, 0.6) is 5.75 Å². The number of benzene rings is 3. The summed E-state index contributed by atoms with van der Waals surface area (Å²) in [5, 5.41) is 0. The summed E-state index contributed by atoms with van der Waals surface area (Å²) in [5.41, 5.74) is 0. The summed E-state index contributed by atoms with van der Waals surface area (Å²) in [5.74, 6) is 0.876. The van der Waals surface area contributed by atoms with E-state index in [0.29, 0.717) is 0 Å². The molecule has 0 aliphatic carbocycles. The summed E-state index contributed by atoms with van der Waals surface area (Å²) in [4.78, 5) is 0. The first-order chi connectivity index (χ1) is 11.4. The van der Waals surface area contributed by atoms with Crippen molar-refractivity contribution in [2.75, 3.05) is 0 Å². The standard InChI is InChI=1S/C12H10I.C9H10O/c1-3-7-11(8-4-1)13-12-9-5-2-6-10-12;1-2-8-10-9-6-4-3-5-7-9/h1-10H;2-8H,1H3/q+1;. The third-order valence-electron chi connectivity index (χ3n) is 2.77. The minimum absolute atomic E-state index is 0.0287. The third-order valence-corrected chi connectivity index (χ3v) is 5.45. The molecule has 0 bridgehead atoms. The van der Waals surface area contributed by atoms with Gasteiger partial charge in [0.25, 0.3) is 0 Å². The van der Waals surface area contributed by atoms with Gasteiger partial charge in [-0.15, -0.1) is 0 Å². The molecule has 0 amide bonds. The number of ether oxygens (including phenoxy) is 1.